The van der Waals surface area contributed by atoms with Gasteiger partial charge in [-0.2, -0.15) is 0 Å². The van der Waals surface area contributed by atoms with Crippen molar-refractivity contribution in [1.82, 2.24) is 15.1 Å². The summed E-state index contributed by atoms with van der Waals surface area (Å²) in [5.74, 6) is 0.735. The summed E-state index contributed by atoms with van der Waals surface area (Å²) in [5, 5.41) is 3.21. The number of hydrogen-bond donors (Lipinski definition) is 1. The fourth-order valence-corrected chi connectivity index (χ4v) is 5.20. The number of hydrogen-bond acceptors (Lipinski definition) is 3. The van der Waals surface area contributed by atoms with Crippen LogP contribution in [0.25, 0.3) is 0 Å². The van der Waals surface area contributed by atoms with Gasteiger partial charge in [-0.3, -0.25) is 14.5 Å². The molecule has 0 aromatic heterocycles. The van der Waals surface area contributed by atoms with Gasteiger partial charge in [0, 0.05) is 32.7 Å². The molecule has 1 saturated carbocycles. The van der Waals surface area contributed by atoms with Crippen molar-refractivity contribution in [3.63, 3.8) is 0 Å². The van der Waals surface area contributed by atoms with E-state index in [0.717, 1.165) is 37.1 Å². The van der Waals surface area contributed by atoms with Crippen LogP contribution in [0.1, 0.15) is 42.4 Å². The fourth-order valence-electron chi connectivity index (χ4n) is 5.20. The van der Waals surface area contributed by atoms with Crippen molar-refractivity contribution < 1.29 is 9.59 Å². The van der Waals surface area contributed by atoms with Crippen molar-refractivity contribution in [2.75, 3.05) is 26.2 Å². The SMILES string of the molecule is Cc1cccc(CNC(=O)[C@H](C2CCCC2)N2CCN(C(=O)Cc3ccccc3)CC2)c1. The van der Waals surface area contributed by atoms with E-state index in [1.165, 1.54) is 18.4 Å². The number of piperazine rings is 1. The Kier molecular flexibility index (Phi) is 7.59. The summed E-state index contributed by atoms with van der Waals surface area (Å²) in [6.07, 6.45) is 5.11. The van der Waals surface area contributed by atoms with Gasteiger partial charge >= 0.3 is 0 Å². The maximum absolute atomic E-state index is 13.3. The van der Waals surface area contributed by atoms with Crippen molar-refractivity contribution in [3.05, 3.63) is 71.3 Å². The van der Waals surface area contributed by atoms with Crippen LogP contribution in [0.15, 0.2) is 54.6 Å². The Morgan fingerprint density at radius 1 is 0.938 bits per heavy atom. The van der Waals surface area contributed by atoms with E-state index in [9.17, 15) is 9.59 Å². The third-order valence-electron chi connectivity index (χ3n) is 6.92. The molecule has 5 heteroatoms. The average Bonchev–Trinajstić information content (AvgIpc) is 3.33. The third kappa shape index (κ3) is 5.77. The first-order chi connectivity index (χ1) is 15.6. The number of nitrogens with zero attached hydrogens (tertiary/aromatic N) is 2. The van der Waals surface area contributed by atoms with E-state index in [1.54, 1.807) is 0 Å². The highest BCUT2D eigenvalue weighted by molar-refractivity contribution is 5.82. The molecule has 32 heavy (non-hydrogen) atoms. The molecular formula is C27H35N3O2. The molecule has 1 heterocycles. The van der Waals surface area contributed by atoms with Crippen LogP contribution in [0, 0.1) is 12.8 Å². The standard InChI is InChI=1S/C27H35N3O2/c1-21-8-7-11-23(18-21)20-28-27(32)26(24-12-5-6-13-24)30-16-14-29(15-17-30)25(31)19-22-9-3-2-4-10-22/h2-4,7-11,18,24,26H,5-6,12-17,19-20H2,1H3,(H,28,32)/t26-/m0/s1. The molecule has 0 bridgehead atoms. The maximum Gasteiger partial charge on any atom is 0.237 e. The molecule has 1 aliphatic heterocycles. The number of carbonyl (C=O) groups is 2. The summed E-state index contributed by atoms with van der Waals surface area (Å²) >= 11 is 0. The van der Waals surface area contributed by atoms with Crippen LogP contribution in [-0.4, -0.2) is 53.8 Å². The van der Waals surface area contributed by atoms with E-state index in [1.807, 2.05) is 41.3 Å². The lowest BCUT2D eigenvalue weighted by atomic mass is 9.94. The first kappa shape index (κ1) is 22.5. The molecule has 4 rings (SSSR count). The summed E-state index contributed by atoms with van der Waals surface area (Å²) in [5.41, 5.74) is 3.40. The largest absolute Gasteiger partial charge is 0.351 e. The fraction of sp³-hybridized carbons (Fsp3) is 0.481. The van der Waals surface area contributed by atoms with Gasteiger partial charge < -0.3 is 10.2 Å². The predicted molar refractivity (Wildman–Crippen MR) is 127 cm³/mol. The minimum atomic E-state index is -0.0892. The van der Waals surface area contributed by atoms with Crippen molar-refractivity contribution in [2.45, 2.75) is 51.6 Å². The first-order valence-corrected chi connectivity index (χ1v) is 12.0. The lowest BCUT2D eigenvalue weighted by Crippen LogP contribution is -2.58. The van der Waals surface area contributed by atoms with Gasteiger partial charge in [0.05, 0.1) is 12.5 Å². The Morgan fingerprint density at radius 3 is 2.31 bits per heavy atom. The highest BCUT2D eigenvalue weighted by Gasteiger charge is 2.37. The summed E-state index contributed by atoms with van der Waals surface area (Å²) in [6, 6.07) is 18.1. The van der Waals surface area contributed by atoms with Gasteiger partial charge in [0.25, 0.3) is 0 Å². The van der Waals surface area contributed by atoms with Crippen LogP contribution in [0.2, 0.25) is 0 Å². The smallest absolute Gasteiger partial charge is 0.237 e. The van der Waals surface area contributed by atoms with Crippen LogP contribution in [0.4, 0.5) is 0 Å². The molecule has 1 aliphatic carbocycles. The van der Waals surface area contributed by atoms with E-state index in [4.69, 9.17) is 0 Å². The molecule has 170 valence electrons. The monoisotopic (exact) mass is 433 g/mol. The Hall–Kier alpha value is -2.66. The zero-order chi connectivity index (χ0) is 22.3. The molecule has 2 amide bonds. The van der Waals surface area contributed by atoms with Crippen LogP contribution in [-0.2, 0) is 22.6 Å². The molecule has 5 nitrogen and oxygen atoms in total. The number of benzene rings is 2. The van der Waals surface area contributed by atoms with E-state index < -0.39 is 0 Å². The number of aryl methyl sites for hydroxylation is 1. The Balaban J connectivity index is 1.35. The number of nitrogens with one attached hydrogen (secondary N) is 1. The summed E-state index contributed by atoms with van der Waals surface area (Å²) in [6.45, 7) is 5.56. The Morgan fingerprint density at radius 2 is 1.62 bits per heavy atom. The Bertz CT molecular complexity index is 900. The molecule has 1 atom stereocenters. The van der Waals surface area contributed by atoms with Crippen LogP contribution < -0.4 is 5.32 Å². The molecule has 2 aromatic carbocycles. The number of carbonyl (C=O) groups excluding carboxylic acids is 2. The van der Waals surface area contributed by atoms with E-state index >= 15 is 0 Å². The molecule has 2 fully saturated rings. The van der Waals surface area contributed by atoms with Gasteiger partial charge in [-0.25, -0.2) is 0 Å². The second-order valence-electron chi connectivity index (χ2n) is 9.28. The van der Waals surface area contributed by atoms with Crippen molar-refractivity contribution >= 4 is 11.8 Å². The topological polar surface area (TPSA) is 52.7 Å². The van der Waals surface area contributed by atoms with Gasteiger partial charge in [0.2, 0.25) is 11.8 Å². The van der Waals surface area contributed by atoms with E-state index in [-0.39, 0.29) is 17.9 Å². The lowest BCUT2D eigenvalue weighted by molar-refractivity contribution is -0.134. The highest BCUT2D eigenvalue weighted by Crippen LogP contribution is 2.31. The third-order valence-corrected chi connectivity index (χ3v) is 6.92. The summed E-state index contributed by atoms with van der Waals surface area (Å²) in [4.78, 5) is 30.3. The molecule has 1 saturated heterocycles. The molecule has 2 aromatic rings. The summed E-state index contributed by atoms with van der Waals surface area (Å²) in [7, 11) is 0. The first-order valence-electron chi connectivity index (χ1n) is 12.0. The van der Waals surface area contributed by atoms with Crippen LogP contribution >= 0.6 is 0 Å². The molecule has 1 N–H and O–H groups in total. The van der Waals surface area contributed by atoms with Crippen molar-refractivity contribution in [3.8, 4) is 0 Å². The quantitative estimate of drug-likeness (QED) is 0.727. The zero-order valence-electron chi connectivity index (χ0n) is 19.1. The molecule has 2 aliphatic rings. The second kappa shape index (κ2) is 10.8. The van der Waals surface area contributed by atoms with Crippen LogP contribution in [0.5, 0.6) is 0 Å². The van der Waals surface area contributed by atoms with Crippen molar-refractivity contribution in [1.29, 1.82) is 0 Å². The number of rotatable bonds is 7. The summed E-state index contributed by atoms with van der Waals surface area (Å²) < 4.78 is 0. The van der Waals surface area contributed by atoms with Gasteiger partial charge in [-0.1, -0.05) is 73.0 Å². The Labute approximate surface area is 191 Å². The van der Waals surface area contributed by atoms with Crippen LogP contribution in [0.3, 0.4) is 0 Å². The lowest BCUT2D eigenvalue weighted by Gasteiger charge is -2.40. The minimum Gasteiger partial charge on any atom is -0.351 e. The van der Waals surface area contributed by atoms with Crippen molar-refractivity contribution in [2.24, 2.45) is 5.92 Å². The van der Waals surface area contributed by atoms with E-state index in [0.29, 0.717) is 32.0 Å². The average molecular weight is 434 g/mol. The molecule has 0 radical (unpaired) electrons. The molecular weight excluding hydrogens is 398 g/mol. The zero-order valence-corrected chi connectivity index (χ0v) is 19.1. The van der Waals surface area contributed by atoms with E-state index in [2.05, 4.69) is 35.3 Å². The van der Waals surface area contributed by atoms with Gasteiger partial charge in [0.15, 0.2) is 0 Å². The van der Waals surface area contributed by atoms with Gasteiger partial charge in [-0.15, -0.1) is 0 Å². The molecule has 0 unspecified atom stereocenters. The predicted octanol–water partition coefficient (Wildman–Crippen LogP) is 3.56. The van der Waals surface area contributed by atoms with Gasteiger partial charge in [0.1, 0.15) is 0 Å². The number of amides is 2. The normalized spacial score (nSPS) is 18.5. The minimum absolute atomic E-state index is 0.0892. The maximum atomic E-state index is 13.3. The highest BCUT2D eigenvalue weighted by atomic mass is 16.2. The second-order valence-corrected chi connectivity index (χ2v) is 9.28. The molecule has 0 spiro atoms. The van der Waals surface area contributed by atoms with Gasteiger partial charge in [-0.05, 0) is 36.8 Å².